The van der Waals surface area contributed by atoms with Crippen LogP contribution in [0.2, 0.25) is 0 Å². The van der Waals surface area contributed by atoms with Gasteiger partial charge < -0.3 is 29.9 Å². The molecule has 4 aromatic carbocycles. The van der Waals surface area contributed by atoms with E-state index >= 15 is 0 Å². The number of benzene rings is 4. The molecule has 2 aliphatic rings. The Balaban J connectivity index is 1.19. The molecular weight excluding hydrogens is 743 g/mol. The molecule has 6 amide bonds. The van der Waals surface area contributed by atoms with Crippen molar-refractivity contribution in [2.45, 2.75) is 50.5 Å². The highest BCUT2D eigenvalue weighted by molar-refractivity contribution is 6.22. The number of methoxy groups -OCH3 is 1. The highest BCUT2D eigenvalue weighted by atomic mass is 16.5. The van der Waals surface area contributed by atoms with Crippen molar-refractivity contribution >= 4 is 41.4 Å². The molecule has 0 spiro atoms. The van der Waals surface area contributed by atoms with Gasteiger partial charge in [-0.3, -0.25) is 28.9 Å². The Morgan fingerprint density at radius 2 is 1.31 bits per heavy atom. The summed E-state index contributed by atoms with van der Waals surface area (Å²) in [6.45, 7) is -1.05. The Labute approximate surface area is 336 Å². The fraction of sp³-hybridized carbons (Fsp3) is 0.295. The van der Waals surface area contributed by atoms with Gasteiger partial charge in [-0.05, 0) is 41.7 Å². The summed E-state index contributed by atoms with van der Waals surface area (Å²) in [6, 6.07) is 29.5. The van der Waals surface area contributed by atoms with Gasteiger partial charge in [0.2, 0.25) is 11.8 Å². The summed E-state index contributed by atoms with van der Waals surface area (Å²) in [6.07, 6.45) is 0.979. The molecule has 0 saturated carbocycles. The van der Waals surface area contributed by atoms with Crippen LogP contribution >= 0.6 is 0 Å². The van der Waals surface area contributed by atoms with Crippen molar-refractivity contribution in [1.29, 1.82) is 0 Å². The number of hydrogen-bond donors (Lipinski definition) is 2. The molecule has 2 aliphatic heterocycles. The number of Topliss-reactive ketones (excluding diaryl/α,β-unsaturated/α-hetero) is 1. The molecule has 300 valence electrons. The summed E-state index contributed by atoms with van der Waals surface area (Å²) in [5.41, 5.74) is 2.71. The molecule has 2 heterocycles. The molecule has 58 heavy (non-hydrogen) atoms. The smallest absolute Gasteiger partial charge is 0.328 e. The predicted molar refractivity (Wildman–Crippen MR) is 211 cm³/mol. The van der Waals surface area contributed by atoms with Gasteiger partial charge in [0.25, 0.3) is 11.8 Å². The maximum absolute atomic E-state index is 14.4. The maximum Gasteiger partial charge on any atom is 0.328 e. The Bertz CT molecular complexity index is 2080. The minimum absolute atomic E-state index is 0.0443. The lowest BCUT2D eigenvalue weighted by Crippen LogP contribution is -2.58. The average molecular weight is 788 g/mol. The second-order valence-corrected chi connectivity index (χ2v) is 14.1. The van der Waals surface area contributed by atoms with Crippen LogP contribution in [0.1, 0.15) is 50.2 Å². The zero-order chi connectivity index (χ0) is 41.0. The summed E-state index contributed by atoms with van der Waals surface area (Å²) in [5, 5.41) is 5.53. The van der Waals surface area contributed by atoms with E-state index in [0.717, 1.165) is 16.0 Å². The fourth-order valence-electron chi connectivity index (χ4n) is 7.07. The Morgan fingerprint density at radius 3 is 1.91 bits per heavy atom. The molecule has 3 unspecified atom stereocenters. The summed E-state index contributed by atoms with van der Waals surface area (Å²) in [5.74, 6) is -3.56. The third kappa shape index (κ3) is 10.2. The van der Waals surface area contributed by atoms with E-state index in [2.05, 4.69) is 10.6 Å². The van der Waals surface area contributed by atoms with Crippen molar-refractivity contribution < 1.29 is 43.0 Å². The SMILES string of the molecule is COC(=O)C(Cc1ccccc1)NC(=O)C1CCCN1C(=O)C(COCc1ccccc1)NC(=O)N(CC(=O)CN1C(=O)c2ccccc2C1=O)Cc1ccccc1. The molecule has 6 rings (SSSR count). The normalized spacial score (nSPS) is 15.6. The molecule has 14 heteroatoms. The number of hydrogen-bond acceptors (Lipinski definition) is 9. The summed E-state index contributed by atoms with van der Waals surface area (Å²) < 4.78 is 10.9. The van der Waals surface area contributed by atoms with Gasteiger partial charge in [0.15, 0.2) is 5.78 Å². The lowest BCUT2D eigenvalue weighted by Gasteiger charge is -2.31. The zero-order valence-corrected chi connectivity index (χ0v) is 32.1. The average Bonchev–Trinajstić information content (AvgIpc) is 3.83. The summed E-state index contributed by atoms with van der Waals surface area (Å²) in [4.78, 5) is 98.2. The van der Waals surface area contributed by atoms with Crippen LogP contribution in [0.25, 0.3) is 0 Å². The standard InChI is InChI=1S/C44H45N5O9/c1-57-43(55)36(24-30-14-5-2-6-15-30)45-39(51)38-22-13-23-48(38)42(54)37(29-58-28-32-18-9-4-10-19-32)46-44(56)47(25-31-16-7-3-8-17-31)26-33(50)27-49-40(52)34-20-11-12-21-35(34)41(49)53/h2-12,14-21,36-38H,13,22-29H2,1H3,(H,45,51)(H,46,56). The van der Waals surface area contributed by atoms with Crippen LogP contribution in [0, 0.1) is 0 Å². The first-order valence-electron chi connectivity index (χ1n) is 19.0. The van der Waals surface area contributed by atoms with E-state index in [4.69, 9.17) is 9.47 Å². The number of imide groups is 1. The van der Waals surface area contributed by atoms with Crippen LogP contribution in [0.4, 0.5) is 4.79 Å². The van der Waals surface area contributed by atoms with Crippen molar-refractivity contribution in [3.63, 3.8) is 0 Å². The Morgan fingerprint density at radius 1 is 0.741 bits per heavy atom. The monoisotopic (exact) mass is 787 g/mol. The van der Waals surface area contributed by atoms with Gasteiger partial charge in [0, 0.05) is 19.5 Å². The number of likely N-dealkylation sites (tertiary alicyclic amines) is 1. The number of ketones is 1. The van der Waals surface area contributed by atoms with Gasteiger partial charge in [-0.2, -0.15) is 0 Å². The minimum atomic E-state index is -1.30. The van der Waals surface area contributed by atoms with Crippen LogP contribution in [0.15, 0.2) is 115 Å². The molecule has 0 aliphatic carbocycles. The maximum atomic E-state index is 14.4. The van der Waals surface area contributed by atoms with Crippen LogP contribution in [0.5, 0.6) is 0 Å². The Kier molecular flexibility index (Phi) is 13.7. The van der Waals surface area contributed by atoms with Crippen LogP contribution < -0.4 is 10.6 Å². The second-order valence-electron chi connectivity index (χ2n) is 14.1. The lowest BCUT2D eigenvalue weighted by molar-refractivity contribution is -0.146. The number of amides is 6. The summed E-state index contributed by atoms with van der Waals surface area (Å²) in [7, 11) is 1.24. The number of fused-ring (bicyclic) bond motifs is 1. The molecule has 2 N–H and O–H groups in total. The van der Waals surface area contributed by atoms with Crippen LogP contribution in [0.3, 0.4) is 0 Å². The van der Waals surface area contributed by atoms with Gasteiger partial charge in [0.1, 0.15) is 18.1 Å². The third-order valence-electron chi connectivity index (χ3n) is 10.00. The number of nitrogens with zero attached hydrogens (tertiary/aromatic N) is 3. The van der Waals surface area contributed by atoms with Crippen LogP contribution in [-0.4, -0.2) is 108 Å². The fourth-order valence-corrected chi connectivity index (χ4v) is 7.07. The third-order valence-corrected chi connectivity index (χ3v) is 10.00. The number of nitrogens with one attached hydrogen (secondary N) is 2. The van der Waals surface area contributed by atoms with Gasteiger partial charge in [-0.25, -0.2) is 9.59 Å². The minimum Gasteiger partial charge on any atom is -0.467 e. The molecule has 1 saturated heterocycles. The molecule has 0 aromatic heterocycles. The molecule has 3 atom stereocenters. The first kappa shape index (κ1) is 41.0. The van der Waals surface area contributed by atoms with Crippen molar-refractivity contribution in [3.8, 4) is 0 Å². The molecule has 1 fully saturated rings. The second kappa shape index (κ2) is 19.5. The molecule has 0 bridgehead atoms. The number of ether oxygens (including phenoxy) is 2. The summed E-state index contributed by atoms with van der Waals surface area (Å²) >= 11 is 0. The molecule has 14 nitrogen and oxygen atoms in total. The Hall–Kier alpha value is -6.67. The topological polar surface area (TPSA) is 172 Å². The number of carbonyl (C=O) groups excluding carboxylic acids is 7. The van der Waals surface area contributed by atoms with E-state index in [-0.39, 0.29) is 43.9 Å². The predicted octanol–water partition coefficient (Wildman–Crippen LogP) is 3.54. The van der Waals surface area contributed by atoms with Gasteiger partial charge >= 0.3 is 12.0 Å². The number of rotatable bonds is 17. The largest absolute Gasteiger partial charge is 0.467 e. The van der Waals surface area contributed by atoms with Crippen molar-refractivity contribution in [1.82, 2.24) is 25.3 Å². The number of esters is 1. The first-order chi connectivity index (χ1) is 28.1. The van der Waals surface area contributed by atoms with Crippen molar-refractivity contribution in [2.75, 3.05) is 33.4 Å². The number of urea groups is 1. The van der Waals surface area contributed by atoms with E-state index in [1.807, 2.05) is 60.7 Å². The quantitative estimate of drug-likeness (QED) is 0.120. The van der Waals surface area contributed by atoms with Gasteiger partial charge in [-0.15, -0.1) is 0 Å². The van der Waals surface area contributed by atoms with E-state index in [1.54, 1.807) is 42.5 Å². The highest BCUT2D eigenvalue weighted by Crippen LogP contribution is 2.23. The van der Waals surface area contributed by atoms with Gasteiger partial charge in [-0.1, -0.05) is 103 Å². The van der Waals surface area contributed by atoms with E-state index in [1.165, 1.54) is 29.0 Å². The van der Waals surface area contributed by atoms with E-state index in [0.29, 0.717) is 18.4 Å². The number of carbonyl (C=O) groups is 7. The van der Waals surface area contributed by atoms with Crippen molar-refractivity contribution in [3.05, 3.63) is 143 Å². The first-order valence-corrected chi connectivity index (χ1v) is 19.0. The molecule has 0 radical (unpaired) electrons. The highest BCUT2D eigenvalue weighted by Gasteiger charge is 2.40. The van der Waals surface area contributed by atoms with E-state index < -0.39 is 72.6 Å². The van der Waals surface area contributed by atoms with Gasteiger partial charge in [0.05, 0.1) is 44.5 Å². The zero-order valence-electron chi connectivity index (χ0n) is 32.1. The lowest BCUT2D eigenvalue weighted by atomic mass is 10.1. The molecule has 4 aromatic rings. The van der Waals surface area contributed by atoms with E-state index in [9.17, 15) is 33.6 Å². The van der Waals surface area contributed by atoms with Crippen molar-refractivity contribution in [2.24, 2.45) is 0 Å². The van der Waals surface area contributed by atoms with Crippen LogP contribution in [-0.2, 0) is 48.2 Å². The molecular formula is C44H45N5O9.